The zero-order valence-corrected chi connectivity index (χ0v) is 19.2. The molecule has 0 heterocycles. The van der Waals surface area contributed by atoms with E-state index < -0.39 is 0 Å². The van der Waals surface area contributed by atoms with Crippen molar-refractivity contribution >= 4 is 11.8 Å². The van der Waals surface area contributed by atoms with E-state index in [4.69, 9.17) is 0 Å². The molecule has 0 aliphatic rings. The summed E-state index contributed by atoms with van der Waals surface area (Å²) in [5.74, 6) is -0.343. The summed E-state index contributed by atoms with van der Waals surface area (Å²) in [5, 5.41) is 4.85. The molecule has 0 rings (SSSR count). The molecule has 0 aromatic heterocycles. The van der Waals surface area contributed by atoms with Crippen LogP contribution in [0.5, 0.6) is 0 Å². The average molecular weight is 701 g/mol. The van der Waals surface area contributed by atoms with Crippen molar-refractivity contribution in [1.82, 2.24) is 10.6 Å². The largest absolute Gasteiger partial charge is 2.00 e. The second kappa shape index (κ2) is 30.5. The number of carbonyl (C=O) groups excluding carboxylic acids is 2. The monoisotopic (exact) mass is 701 g/mol. The van der Waals surface area contributed by atoms with Crippen LogP contribution in [-0.2, 0) is 9.59 Å². The van der Waals surface area contributed by atoms with Gasteiger partial charge in [0.2, 0.25) is 11.8 Å². The Balaban J connectivity index is -0.0000000500. The molecule has 0 unspecified atom stereocenters. The van der Waals surface area contributed by atoms with Gasteiger partial charge in [0.1, 0.15) is 0 Å². The van der Waals surface area contributed by atoms with Gasteiger partial charge in [0.15, 0.2) is 0 Å². The van der Waals surface area contributed by atoms with Gasteiger partial charge in [-0.05, 0) is 12.2 Å². The smallest absolute Gasteiger partial charge is 0.383 e. The Bertz CT molecular complexity index is 188. The number of hydrogen-bond acceptors (Lipinski definition) is 2. The van der Waals surface area contributed by atoms with Crippen molar-refractivity contribution in [2.24, 2.45) is 0 Å². The van der Waals surface area contributed by atoms with Crippen LogP contribution >= 0.6 is 0 Å². The molecule has 0 aromatic rings. The predicted molar refractivity (Wildman–Crippen MR) is 68.2 cm³/mol. The molecule has 0 atom stereocenters. The number of hydrogen-bond donors (Lipinski definition) is 2. The van der Waals surface area contributed by atoms with Crippen molar-refractivity contribution in [1.29, 1.82) is 0 Å². The minimum absolute atomic E-state index is 0. The van der Waals surface area contributed by atoms with Crippen molar-refractivity contribution in [3.8, 4) is 0 Å². The molecule has 0 saturated carbocycles. The molecular weight excluding hydrogens is 680 g/mol. The van der Waals surface area contributed by atoms with Crippen LogP contribution in [-0.4, -0.2) is 24.9 Å². The van der Waals surface area contributed by atoms with Crippen molar-refractivity contribution < 1.29 is 71.8 Å². The summed E-state index contributed by atoms with van der Waals surface area (Å²) in [6.45, 7) is 19.1. The molecule has 0 saturated heterocycles. The Hall–Kier alpha value is 0.524. The molecule has 0 fully saturated rings. The summed E-state index contributed by atoms with van der Waals surface area (Å²) in [5.41, 5.74) is 0. The Kier molecular flexibility index (Phi) is 52.7. The van der Waals surface area contributed by atoms with Crippen LogP contribution in [0.1, 0.15) is 6.92 Å². The Morgan fingerprint density at radius 3 is 1.28 bits per heavy atom. The normalized spacial score (nSPS) is 6.22. The third kappa shape index (κ3) is 36.0. The Morgan fingerprint density at radius 2 is 1.22 bits per heavy atom. The van der Waals surface area contributed by atoms with E-state index in [1.165, 1.54) is 12.2 Å². The average Bonchev–Trinajstić information content (AvgIpc) is 2.33. The SMILES string of the molecule is C=CC(=O)NC[CH2-].C=CC(=O)NC[CH2-].[CH2-]C.[U+2].[U]. The standard InChI is InChI=1S/2C5H8NO.C2H5.2U/c2*1-3-5(7)6-4-2;1-2;;/h2*3H,1-2,4H2,(H,6,7);1H2,2H3;;/q3*-1;;+2. The number of amides is 2. The van der Waals surface area contributed by atoms with Gasteiger partial charge in [-0.2, -0.15) is 6.92 Å². The zero-order chi connectivity index (χ0) is 13.4. The first kappa shape index (κ1) is 31.1. The van der Waals surface area contributed by atoms with E-state index in [0.29, 0.717) is 13.1 Å². The minimum atomic E-state index is -0.171. The van der Waals surface area contributed by atoms with Gasteiger partial charge in [-0.3, -0.25) is 9.59 Å². The summed E-state index contributed by atoms with van der Waals surface area (Å²) in [4.78, 5) is 20.3. The summed E-state index contributed by atoms with van der Waals surface area (Å²) in [6, 6.07) is 0. The molecule has 0 aliphatic heterocycles. The minimum Gasteiger partial charge on any atom is -0.383 e. The summed E-state index contributed by atoms with van der Waals surface area (Å²) < 4.78 is 0. The van der Waals surface area contributed by atoms with Gasteiger partial charge >= 0.3 is 31.1 Å². The van der Waals surface area contributed by atoms with Crippen LogP contribution in [0.2, 0.25) is 0 Å². The summed E-state index contributed by atoms with van der Waals surface area (Å²) in [6.07, 6.45) is 2.43. The van der Waals surface area contributed by atoms with Gasteiger partial charge < -0.3 is 31.4 Å². The van der Waals surface area contributed by atoms with E-state index in [-0.39, 0.29) is 74.0 Å². The van der Waals surface area contributed by atoms with Crippen LogP contribution in [0.3, 0.4) is 0 Å². The molecule has 0 spiro atoms. The molecule has 0 aromatic carbocycles. The maximum absolute atomic E-state index is 10.1. The van der Waals surface area contributed by atoms with Crippen LogP contribution in [0, 0.1) is 83.0 Å². The fourth-order valence-electron chi connectivity index (χ4n) is 0.391. The van der Waals surface area contributed by atoms with Gasteiger partial charge in [0.05, 0.1) is 0 Å². The number of rotatable bonds is 4. The van der Waals surface area contributed by atoms with E-state index >= 15 is 0 Å². The Morgan fingerprint density at radius 1 is 1.00 bits per heavy atom. The van der Waals surface area contributed by atoms with Gasteiger partial charge in [-0.25, -0.2) is 0 Å². The van der Waals surface area contributed by atoms with Crippen LogP contribution < -0.4 is 10.6 Å². The quantitative estimate of drug-likeness (QED) is 0.341. The number of carbonyl (C=O) groups is 2. The first-order valence-electron chi connectivity index (χ1n) is 4.72. The second-order valence-corrected chi connectivity index (χ2v) is 1.99. The maximum atomic E-state index is 10.1. The maximum Gasteiger partial charge on any atom is 2.00 e. The third-order valence-corrected chi connectivity index (χ3v) is 0.969. The third-order valence-electron chi connectivity index (χ3n) is 0.969. The van der Waals surface area contributed by atoms with E-state index in [1.54, 1.807) is 6.92 Å². The molecule has 0 bridgehead atoms. The fourth-order valence-corrected chi connectivity index (χ4v) is 0.391. The van der Waals surface area contributed by atoms with E-state index in [0.717, 1.165) is 0 Å². The van der Waals surface area contributed by atoms with Gasteiger partial charge in [0, 0.05) is 31.1 Å². The van der Waals surface area contributed by atoms with E-state index in [2.05, 4.69) is 44.6 Å². The van der Waals surface area contributed by atoms with Crippen LogP contribution in [0.15, 0.2) is 25.3 Å². The molecule has 0 radical (unpaired) electrons. The first-order chi connectivity index (χ1) is 7.62. The summed E-state index contributed by atoms with van der Waals surface area (Å²) in [7, 11) is 0. The van der Waals surface area contributed by atoms with Crippen LogP contribution in [0.25, 0.3) is 0 Å². The molecule has 6 heteroatoms. The van der Waals surface area contributed by atoms with E-state index in [9.17, 15) is 9.59 Å². The Labute approximate surface area is 159 Å². The fraction of sp³-hybridized carbons (Fsp3) is 0.250. The van der Waals surface area contributed by atoms with Gasteiger partial charge in [0.25, 0.3) is 0 Å². The first-order valence-corrected chi connectivity index (χ1v) is 4.72. The zero-order valence-electron chi connectivity index (χ0n) is 10.9. The van der Waals surface area contributed by atoms with Crippen LogP contribution in [0.4, 0.5) is 0 Å². The van der Waals surface area contributed by atoms with Crippen molar-refractivity contribution in [2.75, 3.05) is 13.1 Å². The summed E-state index contributed by atoms with van der Waals surface area (Å²) >= 11 is 0. The molecule has 18 heavy (non-hydrogen) atoms. The van der Waals surface area contributed by atoms with E-state index in [1.807, 2.05) is 0 Å². The topological polar surface area (TPSA) is 58.2 Å². The number of nitrogens with one attached hydrogen (secondary N) is 2. The molecule has 4 nitrogen and oxygen atoms in total. The molecule has 2 amide bonds. The molecule has 100 valence electrons. The van der Waals surface area contributed by atoms with Gasteiger partial charge in [-0.15, -0.1) is 13.1 Å². The van der Waals surface area contributed by atoms with Crippen molar-refractivity contribution in [3.63, 3.8) is 0 Å². The van der Waals surface area contributed by atoms with Gasteiger partial charge in [-0.1, -0.05) is 13.2 Å². The van der Waals surface area contributed by atoms with Crippen molar-refractivity contribution in [3.05, 3.63) is 46.1 Å². The molecular formula is C12H21N2O2U2-. The molecule has 2 N–H and O–H groups in total. The predicted octanol–water partition coefficient (Wildman–Crippen LogP) is 1.09. The van der Waals surface area contributed by atoms with Crippen molar-refractivity contribution in [2.45, 2.75) is 6.92 Å². The second-order valence-electron chi connectivity index (χ2n) is 1.99. The molecule has 0 aliphatic carbocycles.